The molecule has 1 heterocycles. The number of fused-ring (bicyclic) bond motifs is 1. The summed E-state index contributed by atoms with van der Waals surface area (Å²) in [6.45, 7) is 4.06. The molecule has 2 atom stereocenters. The molecule has 1 fully saturated rings. The van der Waals surface area contributed by atoms with Crippen molar-refractivity contribution in [3.05, 3.63) is 23.3 Å². The van der Waals surface area contributed by atoms with Crippen LogP contribution in [-0.2, 0) is 0 Å². The number of hydrogen-bond donors (Lipinski definition) is 1. The van der Waals surface area contributed by atoms with Gasteiger partial charge in [-0.15, -0.1) is 11.8 Å². The van der Waals surface area contributed by atoms with Crippen LogP contribution in [-0.4, -0.2) is 15.3 Å². The van der Waals surface area contributed by atoms with E-state index in [1.165, 1.54) is 5.57 Å². The normalized spacial score (nSPS) is 43.7. The number of allylic oxidation sites excluding steroid dienone is 2. The summed E-state index contributed by atoms with van der Waals surface area (Å²) in [6, 6.07) is 0. The second-order valence-corrected chi connectivity index (χ2v) is 4.34. The zero-order valence-electron chi connectivity index (χ0n) is 6.09. The van der Waals surface area contributed by atoms with Crippen molar-refractivity contribution in [2.45, 2.75) is 24.0 Å². The van der Waals surface area contributed by atoms with Crippen molar-refractivity contribution in [2.75, 3.05) is 0 Å². The third kappa shape index (κ3) is 0.691. The van der Waals surface area contributed by atoms with E-state index in [2.05, 4.69) is 19.1 Å². The third-order valence-electron chi connectivity index (χ3n) is 2.06. The van der Waals surface area contributed by atoms with Crippen LogP contribution < -0.4 is 0 Å². The second-order valence-electron chi connectivity index (χ2n) is 2.97. The van der Waals surface area contributed by atoms with Crippen LogP contribution in [0.25, 0.3) is 0 Å². The highest BCUT2D eigenvalue weighted by Gasteiger charge is 2.55. The molecule has 1 N–H and O–H groups in total. The standard InChI is InChI=1S/C8H10OS/c1-5-3-6(2)8(9)7(4-5)10-8/h3-4,7,9H,1-2H3. The highest BCUT2D eigenvalue weighted by Crippen LogP contribution is 2.58. The molecular formula is C8H10OS. The fourth-order valence-electron chi connectivity index (χ4n) is 1.36. The fraction of sp³-hybridized carbons (Fsp3) is 0.500. The predicted molar refractivity (Wildman–Crippen MR) is 43.8 cm³/mol. The van der Waals surface area contributed by atoms with Crippen LogP contribution in [0.5, 0.6) is 0 Å². The van der Waals surface area contributed by atoms with E-state index in [0.717, 1.165) is 5.57 Å². The lowest BCUT2D eigenvalue weighted by atomic mass is 9.99. The van der Waals surface area contributed by atoms with Gasteiger partial charge in [-0.3, -0.25) is 0 Å². The Morgan fingerprint density at radius 3 is 2.90 bits per heavy atom. The summed E-state index contributed by atoms with van der Waals surface area (Å²) in [5.74, 6) is 0. The van der Waals surface area contributed by atoms with Crippen LogP contribution in [0.2, 0.25) is 0 Å². The first-order chi connectivity index (χ1) is 4.63. The molecule has 1 aliphatic heterocycles. The highest BCUT2D eigenvalue weighted by atomic mass is 32.2. The lowest BCUT2D eigenvalue weighted by Gasteiger charge is -2.11. The van der Waals surface area contributed by atoms with Crippen molar-refractivity contribution in [2.24, 2.45) is 0 Å². The van der Waals surface area contributed by atoms with Crippen LogP contribution in [0.3, 0.4) is 0 Å². The minimum Gasteiger partial charge on any atom is -0.374 e. The molecule has 1 nitrogen and oxygen atoms in total. The Kier molecular flexibility index (Phi) is 1.10. The highest BCUT2D eigenvalue weighted by molar-refractivity contribution is 8.08. The summed E-state index contributed by atoms with van der Waals surface area (Å²) in [6.07, 6.45) is 4.17. The van der Waals surface area contributed by atoms with Gasteiger partial charge in [-0.2, -0.15) is 0 Å². The molecule has 0 bridgehead atoms. The topological polar surface area (TPSA) is 20.2 Å². The van der Waals surface area contributed by atoms with E-state index in [1.54, 1.807) is 11.8 Å². The Morgan fingerprint density at radius 1 is 1.60 bits per heavy atom. The van der Waals surface area contributed by atoms with Gasteiger partial charge in [-0.05, 0) is 19.4 Å². The molecule has 0 radical (unpaired) electrons. The summed E-state index contributed by atoms with van der Waals surface area (Å²) in [5.41, 5.74) is 2.37. The van der Waals surface area contributed by atoms with Gasteiger partial charge >= 0.3 is 0 Å². The zero-order valence-corrected chi connectivity index (χ0v) is 6.90. The number of thioether (sulfide) groups is 1. The van der Waals surface area contributed by atoms with Crippen molar-refractivity contribution in [3.8, 4) is 0 Å². The second kappa shape index (κ2) is 1.69. The van der Waals surface area contributed by atoms with Crippen LogP contribution in [0.15, 0.2) is 23.3 Å². The number of rotatable bonds is 0. The van der Waals surface area contributed by atoms with E-state index < -0.39 is 4.93 Å². The summed E-state index contributed by atoms with van der Waals surface area (Å²) in [4.78, 5) is -0.514. The van der Waals surface area contributed by atoms with Gasteiger partial charge in [0.2, 0.25) is 0 Å². The van der Waals surface area contributed by atoms with Crippen LogP contribution in [0, 0.1) is 0 Å². The van der Waals surface area contributed by atoms with Crippen molar-refractivity contribution in [3.63, 3.8) is 0 Å². The quantitative estimate of drug-likeness (QED) is 0.536. The minimum absolute atomic E-state index is 0.345. The molecule has 2 heteroatoms. The fourth-order valence-corrected chi connectivity index (χ4v) is 2.46. The van der Waals surface area contributed by atoms with Crippen molar-refractivity contribution in [1.29, 1.82) is 0 Å². The number of hydrogen-bond acceptors (Lipinski definition) is 2. The maximum absolute atomic E-state index is 9.68. The van der Waals surface area contributed by atoms with E-state index in [0.29, 0.717) is 5.25 Å². The van der Waals surface area contributed by atoms with Gasteiger partial charge in [-0.1, -0.05) is 17.7 Å². The maximum Gasteiger partial charge on any atom is 0.148 e. The molecule has 2 rings (SSSR count). The SMILES string of the molecule is CC1=CC2SC2(O)C(C)=C1. The lowest BCUT2D eigenvalue weighted by molar-refractivity contribution is 0.215. The van der Waals surface area contributed by atoms with Gasteiger partial charge in [0, 0.05) is 0 Å². The molecule has 54 valence electrons. The van der Waals surface area contributed by atoms with Gasteiger partial charge in [-0.25, -0.2) is 0 Å². The molecule has 2 aliphatic rings. The molecular weight excluding hydrogens is 144 g/mol. The molecule has 0 aromatic rings. The van der Waals surface area contributed by atoms with Crippen molar-refractivity contribution >= 4 is 11.8 Å². The lowest BCUT2D eigenvalue weighted by Crippen LogP contribution is -2.16. The summed E-state index contributed by atoms with van der Waals surface area (Å²) in [7, 11) is 0. The van der Waals surface area contributed by atoms with Crippen molar-refractivity contribution < 1.29 is 5.11 Å². The Hall–Kier alpha value is -0.210. The molecule has 0 amide bonds. The Balaban J connectivity index is 2.38. The first-order valence-electron chi connectivity index (χ1n) is 3.40. The van der Waals surface area contributed by atoms with E-state index in [-0.39, 0.29) is 0 Å². The van der Waals surface area contributed by atoms with E-state index in [4.69, 9.17) is 0 Å². The zero-order chi connectivity index (χ0) is 7.35. The van der Waals surface area contributed by atoms with E-state index >= 15 is 0 Å². The van der Waals surface area contributed by atoms with E-state index in [9.17, 15) is 5.11 Å². The first-order valence-corrected chi connectivity index (χ1v) is 4.28. The first kappa shape index (κ1) is 6.50. The monoisotopic (exact) mass is 154 g/mol. The molecule has 2 unspecified atom stereocenters. The van der Waals surface area contributed by atoms with Gasteiger partial charge in [0.15, 0.2) is 0 Å². The predicted octanol–water partition coefficient (Wildman–Crippen LogP) is 1.70. The molecule has 10 heavy (non-hydrogen) atoms. The molecule has 0 aromatic heterocycles. The summed E-state index contributed by atoms with van der Waals surface area (Å²) < 4.78 is 0. The average Bonchev–Trinajstić information content (AvgIpc) is 2.42. The van der Waals surface area contributed by atoms with E-state index in [1.807, 2.05) is 6.92 Å². The Bertz CT molecular complexity index is 242. The van der Waals surface area contributed by atoms with Crippen LogP contribution >= 0.6 is 11.8 Å². The summed E-state index contributed by atoms with van der Waals surface area (Å²) in [5, 5.41) is 10.0. The molecule has 0 saturated carbocycles. The van der Waals surface area contributed by atoms with Crippen LogP contribution in [0.4, 0.5) is 0 Å². The minimum atomic E-state index is -0.514. The Labute approximate surface area is 64.8 Å². The maximum atomic E-state index is 9.68. The van der Waals surface area contributed by atoms with Gasteiger partial charge in [0.1, 0.15) is 4.93 Å². The Morgan fingerprint density at radius 2 is 2.30 bits per heavy atom. The van der Waals surface area contributed by atoms with Gasteiger partial charge < -0.3 is 5.11 Å². The van der Waals surface area contributed by atoms with Gasteiger partial charge in [0.25, 0.3) is 0 Å². The smallest absolute Gasteiger partial charge is 0.148 e. The molecule has 0 aromatic carbocycles. The number of aliphatic hydroxyl groups is 1. The largest absolute Gasteiger partial charge is 0.374 e. The van der Waals surface area contributed by atoms with Gasteiger partial charge in [0.05, 0.1) is 5.25 Å². The molecule has 0 spiro atoms. The van der Waals surface area contributed by atoms with Crippen LogP contribution in [0.1, 0.15) is 13.8 Å². The third-order valence-corrected chi connectivity index (χ3v) is 3.47. The molecule has 1 aliphatic carbocycles. The van der Waals surface area contributed by atoms with Crippen molar-refractivity contribution in [1.82, 2.24) is 0 Å². The molecule has 1 saturated heterocycles. The summed E-state index contributed by atoms with van der Waals surface area (Å²) >= 11 is 1.62. The average molecular weight is 154 g/mol.